The molecule has 1 saturated heterocycles. The van der Waals surface area contributed by atoms with Gasteiger partial charge in [0.25, 0.3) is 0 Å². The summed E-state index contributed by atoms with van der Waals surface area (Å²) in [7, 11) is 3.39. The van der Waals surface area contributed by atoms with E-state index in [9.17, 15) is 5.11 Å². The minimum atomic E-state index is -0.505. The number of ether oxygens (including phenoxy) is 2. The van der Waals surface area contributed by atoms with Crippen molar-refractivity contribution in [3.05, 3.63) is 35.4 Å². The molecule has 0 aromatic heterocycles. The summed E-state index contributed by atoms with van der Waals surface area (Å²) in [6.07, 6.45) is -0.353. The average Bonchev–Trinajstić information content (AvgIpc) is 2.89. The minimum Gasteiger partial charge on any atom is -0.387 e. The molecule has 112 valence electrons. The molecule has 0 radical (unpaired) electrons. The van der Waals surface area contributed by atoms with Gasteiger partial charge in [0.2, 0.25) is 0 Å². The van der Waals surface area contributed by atoms with Crippen molar-refractivity contribution in [3.63, 3.8) is 0 Å². The minimum absolute atomic E-state index is 0.0758. The van der Waals surface area contributed by atoms with Crippen LogP contribution >= 0.6 is 0 Å². The molecule has 0 saturated carbocycles. The van der Waals surface area contributed by atoms with E-state index < -0.39 is 6.10 Å². The molecule has 0 amide bonds. The lowest BCUT2D eigenvalue weighted by molar-refractivity contribution is -0.00461. The summed E-state index contributed by atoms with van der Waals surface area (Å²) < 4.78 is 10.8. The maximum atomic E-state index is 10.3. The molecule has 5 nitrogen and oxygen atoms in total. The third-order valence-corrected chi connectivity index (χ3v) is 3.93. The van der Waals surface area contributed by atoms with Crippen molar-refractivity contribution in [3.8, 4) is 0 Å². The first kappa shape index (κ1) is 15.4. The van der Waals surface area contributed by atoms with Gasteiger partial charge < -0.3 is 20.3 Å². The standard InChI is InChI=1S/C15H24N2O3/c1-19-14-9-17(10-15(14)20-2)8-13(18)12-5-3-11(7-16)4-6-12/h3-6,13-15,18H,7-10,16H2,1-2H3. The number of aliphatic hydroxyl groups is 1. The maximum absolute atomic E-state index is 10.3. The first-order valence-electron chi connectivity index (χ1n) is 6.92. The van der Waals surface area contributed by atoms with Gasteiger partial charge in [-0.1, -0.05) is 24.3 Å². The number of likely N-dealkylation sites (tertiary alicyclic amines) is 1. The summed E-state index contributed by atoms with van der Waals surface area (Å²) in [5.41, 5.74) is 7.55. The van der Waals surface area contributed by atoms with E-state index in [0.29, 0.717) is 13.1 Å². The molecule has 20 heavy (non-hydrogen) atoms. The molecular weight excluding hydrogens is 256 g/mol. The van der Waals surface area contributed by atoms with Gasteiger partial charge in [0.05, 0.1) is 18.3 Å². The normalized spacial score (nSPS) is 25.0. The Hall–Kier alpha value is -0.980. The van der Waals surface area contributed by atoms with Gasteiger partial charge in [0.1, 0.15) is 0 Å². The summed E-state index contributed by atoms with van der Waals surface area (Å²) in [6, 6.07) is 7.78. The largest absolute Gasteiger partial charge is 0.387 e. The second-order valence-electron chi connectivity index (χ2n) is 5.23. The second kappa shape index (κ2) is 7.15. The molecular formula is C15H24N2O3. The number of hydrogen-bond donors (Lipinski definition) is 2. The van der Waals surface area contributed by atoms with Crippen LogP contribution in [-0.2, 0) is 16.0 Å². The molecule has 3 atom stereocenters. The molecule has 1 heterocycles. The van der Waals surface area contributed by atoms with Crippen molar-refractivity contribution in [1.29, 1.82) is 0 Å². The van der Waals surface area contributed by atoms with E-state index in [2.05, 4.69) is 4.90 Å². The van der Waals surface area contributed by atoms with E-state index in [1.165, 1.54) is 0 Å². The van der Waals surface area contributed by atoms with Gasteiger partial charge in [-0.15, -0.1) is 0 Å². The van der Waals surface area contributed by atoms with Crippen LogP contribution in [0.15, 0.2) is 24.3 Å². The first-order chi connectivity index (χ1) is 9.67. The van der Waals surface area contributed by atoms with E-state index in [1.54, 1.807) is 14.2 Å². The van der Waals surface area contributed by atoms with Crippen LogP contribution in [0.3, 0.4) is 0 Å². The summed E-state index contributed by atoms with van der Waals surface area (Å²) in [5.74, 6) is 0. The number of rotatable bonds is 6. The van der Waals surface area contributed by atoms with Gasteiger partial charge in [-0.2, -0.15) is 0 Å². The fourth-order valence-electron chi connectivity index (χ4n) is 2.65. The molecule has 0 bridgehead atoms. The van der Waals surface area contributed by atoms with Crippen LogP contribution < -0.4 is 5.73 Å². The lowest BCUT2D eigenvalue weighted by Gasteiger charge is -2.20. The van der Waals surface area contributed by atoms with Crippen LogP contribution in [0.2, 0.25) is 0 Å². The van der Waals surface area contributed by atoms with Gasteiger partial charge in [0.15, 0.2) is 0 Å². The highest BCUT2D eigenvalue weighted by Gasteiger charge is 2.33. The summed E-state index contributed by atoms with van der Waals surface area (Å²) >= 11 is 0. The second-order valence-corrected chi connectivity index (χ2v) is 5.23. The van der Waals surface area contributed by atoms with Gasteiger partial charge in [0, 0.05) is 40.4 Å². The fraction of sp³-hybridized carbons (Fsp3) is 0.600. The fourth-order valence-corrected chi connectivity index (χ4v) is 2.65. The van der Waals surface area contributed by atoms with Crippen LogP contribution in [0.1, 0.15) is 17.2 Å². The molecule has 3 N–H and O–H groups in total. The van der Waals surface area contributed by atoms with E-state index in [4.69, 9.17) is 15.2 Å². The Morgan fingerprint density at radius 3 is 2.20 bits per heavy atom. The monoisotopic (exact) mass is 280 g/mol. The van der Waals surface area contributed by atoms with E-state index in [1.807, 2.05) is 24.3 Å². The van der Waals surface area contributed by atoms with Crippen molar-refractivity contribution < 1.29 is 14.6 Å². The van der Waals surface area contributed by atoms with Gasteiger partial charge in [-0.25, -0.2) is 0 Å². The average molecular weight is 280 g/mol. The highest BCUT2D eigenvalue weighted by atomic mass is 16.5. The highest BCUT2D eigenvalue weighted by molar-refractivity contribution is 5.24. The Bertz CT molecular complexity index is 398. The zero-order chi connectivity index (χ0) is 14.5. The number of nitrogens with two attached hydrogens (primary N) is 1. The number of nitrogens with zero attached hydrogens (tertiary/aromatic N) is 1. The lowest BCUT2D eigenvalue weighted by atomic mass is 10.1. The zero-order valence-electron chi connectivity index (χ0n) is 12.2. The molecule has 5 heteroatoms. The third kappa shape index (κ3) is 3.56. The maximum Gasteiger partial charge on any atom is 0.0971 e. The Kier molecular flexibility index (Phi) is 5.51. The van der Waals surface area contributed by atoms with Crippen molar-refractivity contribution in [2.75, 3.05) is 33.9 Å². The van der Waals surface area contributed by atoms with Crippen LogP contribution in [0, 0.1) is 0 Å². The van der Waals surface area contributed by atoms with Crippen LogP contribution in [-0.4, -0.2) is 56.1 Å². The molecule has 1 aliphatic heterocycles. The first-order valence-corrected chi connectivity index (χ1v) is 6.92. The van der Waals surface area contributed by atoms with Crippen molar-refractivity contribution in [2.24, 2.45) is 5.73 Å². The lowest BCUT2D eigenvalue weighted by Crippen LogP contribution is -2.27. The van der Waals surface area contributed by atoms with Gasteiger partial charge in [-0.05, 0) is 11.1 Å². The zero-order valence-corrected chi connectivity index (χ0v) is 12.2. The van der Waals surface area contributed by atoms with Gasteiger partial charge in [-0.3, -0.25) is 4.90 Å². The summed E-state index contributed by atoms with van der Waals surface area (Å²) in [4.78, 5) is 2.17. The Labute approximate surface area is 120 Å². The SMILES string of the molecule is COC1CN(CC(O)c2ccc(CN)cc2)CC1OC. The number of β-amino-alcohol motifs (C(OH)–C–C–N with tert-alkyl or cyclic N) is 1. The molecule has 1 aromatic rings. The highest BCUT2D eigenvalue weighted by Crippen LogP contribution is 2.20. The van der Waals surface area contributed by atoms with Crippen LogP contribution in [0.25, 0.3) is 0 Å². The van der Waals surface area contributed by atoms with E-state index in [-0.39, 0.29) is 12.2 Å². The number of methoxy groups -OCH3 is 2. The van der Waals surface area contributed by atoms with E-state index >= 15 is 0 Å². The molecule has 3 unspecified atom stereocenters. The Morgan fingerprint density at radius 1 is 1.20 bits per heavy atom. The van der Waals surface area contributed by atoms with Crippen molar-refractivity contribution in [1.82, 2.24) is 4.90 Å². The number of aliphatic hydroxyl groups excluding tert-OH is 1. The van der Waals surface area contributed by atoms with Crippen molar-refractivity contribution >= 4 is 0 Å². The molecule has 1 aliphatic rings. The van der Waals surface area contributed by atoms with Gasteiger partial charge >= 0.3 is 0 Å². The van der Waals surface area contributed by atoms with E-state index in [0.717, 1.165) is 24.2 Å². The Morgan fingerprint density at radius 2 is 1.75 bits per heavy atom. The summed E-state index contributed by atoms with van der Waals surface area (Å²) in [5, 5.41) is 10.3. The predicted molar refractivity (Wildman–Crippen MR) is 77.3 cm³/mol. The molecule has 0 spiro atoms. The molecule has 1 fully saturated rings. The molecule has 2 rings (SSSR count). The quantitative estimate of drug-likeness (QED) is 0.795. The third-order valence-electron chi connectivity index (χ3n) is 3.93. The van der Waals surface area contributed by atoms with Crippen molar-refractivity contribution in [2.45, 2.75) is 24.9 Å². The smallest absolute Gasteiger partial charge is 0.0971 e. The number of benzene rings is 1. The Balaban J connectivity index is 1.92. The van der Waals surface area contributed by atoms with Crippen LogP contribution in [0.4, 0.5) is 0 Å². The topological polar surface area (TPSA) is 68.0 Å². The number of hydrogen-bond acceptors (Lipinski definition) is 5. The molecule has 1 aromatic carbocycles. The predicted octanol–water partition coefficient (Wildman–Crippen LogP) is 0.524. The van der Waals surface area contributed by atoms with Crippen LogP contribution in [0.5, 0.6) is 0 Å². The molecule has 0 aliphatic carbocycles. The summed E-state index contributed by atoms with van der Waals surface area (Å²) in [6.45, 7) is 2.68.